The van der Waals surface area contributed by atoms with Crippen LogP contribution >= 0.6 is 0 Å². The molecule has 4 rings (SSSR count). The molecule has 1 amide bonds. The molecule has 31 heavy (non-hydrogen) atoms. The van der Waals surface area contributed by atoms with Gasteiger partial charge in [0.2, 0.25) is 5.95 Å². The Bertz CT molecular complexity index is 1100. The lowest BCUT2D eigenvalue weighted by Crippen LogP contribution is -2.37. The third-order valence-electron chi connectivity index (χ3n) is 5.53. The van der Waals surface area contributed by atoms with Crippen LogP contribution < -0.4 is 20.8 Å². The van der Waals surface area contributed by atoms with Crippen LogP contribution in [0.2, 0.25) is 0 Å². The van der Waals surface area contributed by atoms with Gasteiger partial charge in [0.1, 0.15) is 5.75 Å². The number of hydroxylamine groups is 1. The fourth-order valence-corrected chi connectivity index (χ4v) is 3.77. The number of ether oxygens (including phenoxy) is 1. The van der Waals surface area contributed by atoms with Crippen molar-refractivity contribution >= 4 is 11.9 Å². The Hall–Kier alpha value is -3.66. The number of nitrogens with zero attached hydrogens (tertiary/aromatic N) is 5. The monoisotopic (exact) mass is 424 g/mol. The second-order valence-electron chi connectivity index (χ2n) is 7.45. The molecule has 0 radical (unpaired) electrons. The van der Waals surface area contributed by atoms with Crippen LogP contribution in [-0.4, -0.2) is 50.4 Å². The second-order valence-corrected chi connectivity index (χ2v) is 7.45. The van der Waals surface area contributed by atoms with Gasteiger partial charge in [-0.05, 0) is 30.9 Å². The van der Waals surface area contributed by atoms with E-state index in [1.807, 2.05) is 30.5 Å². The van der Waals surface area contributed by atoms with Gasteiger partial charge in [-0.3, -0.25) is 19.1 Å². The van der Waals surface area contributed by atoms with E-state index in [2.05, 4.69) is 14.9 Å². The maximum atomic E-state index is 12.8. The zero-order valence-electron chi connectivity index (χ0n) is 17.1. The highest BCUT2D eigenvalue weighted by atomic mass is 16.5. The highest BCUT2D eigenvalue weighted by Crippen LogP contribution is 2.22. The Balaban J connectivity index is 1.38. The standard InChI is InChI=1S/C21H24N6O4/c1-31-18-4-2-3-17(11-18)27-10-9-26(21(27)29)14-15-5-7-25(8-6-15)20-22-12-16(13-23-20)19(28)24-30/h2-4,9-13,15,30H,5-8,14H2,1H3,(H,24,28). The van der Waals surface area contributed by atoms with Gasteiger partial charge >= 0.3 is 5.69 Å². The fraction of sp³-hybridized carbons (Fsp3) is 0.333. The number of nitrogens with one attached hydrogen (secondary N) is 1. The van der Waals surface area contributed by atoms with Gasteiger partial charge in [0.05, 0.1) is 18.4 Å². The highest BCUT2D eigenvalue weighted by molar-refractivity contribution is 5.92. The molecule has 1 aliphatic rings. The summed E-state index contributed by atoms with van der Waals surface area (Å²) in [6, 6.07) is 7.42. The van der Waals surface area contributed by atoms with Crippen LogP contribution in [0.1, 0.15) is 23.2 Å². The number of aromatic nitrogens is 4. The van der Waals surface area contributed by atoms with Crippen molar-refractivity contribution in [3.05, 3.63) is 65.1 Å². The fourth-order valence-electron chi connectivity index (χ4n) is 3.77. The summed E-state index contributed by atoms with van der Waals surface area (Å²) in [7, 11) is 1.60. The van der Waals surface area contributed by atoms with E-state index in [-0.39, 0.29) is 11.3 Å². The average molecular weight is 424 g/mol. The molecule has 10 heteroatoms. The van der Waals surface area contributed by atoms with Gasteiger partial charge in [-0.1, -0.05) is 6.07 Å². The Morgan fingerprint density at radius 2 is 1.97 bits per heavy atom. The molecule has 0 bridgehead atoms. The zero-order valence-corrected chi connectivity index (χ0v) is 17.1. The van der Waals surface area contributed by atoms with Gasteiger partial charge in [-0.15, -0.1) is 0 Å². The highest BCUT2D eigenvalue weighted by Gasteiger charge is 2.22. The average Bonchev–Trinajstić information content (AvgIpc) is 3.19. The predicted molar refractivity (Wildman–Crippen MR) is 113 cm³/mol. The molecule has 2 N–H and O–H groups in total. The van der Waals surface area contributed by atoms with Crippen LogP contribution in [-0.2, 0) is 6.54 Å². The smallest absolute Gasteiger partial charge is 0.332 e. The van der Waals surface area contributed by atoms with E-state index in [1.165, 1.54) is 12.4 Å². The molecular formula is C21H24N6O4. The van der Waals surface area contributed by atoms with Crippen LogP contribution in [0.5, 0.6) is 5.75 Å². The molecule has 3 aromatic rings. The predicted octanol–water partition coefficient (Wildman–Crippen LogP) is 1.47. The molecule has 3 heterocycles. The van der Waals surface area contributed by atoms with E-state index in [1.54, 1.807) is 27.9 Å². The Labute approximate surface area is 178 Å². The lowest BCUT2D eigenvalue weighted by atomic mass is 9.97. The minimum absolute atomic E-state index is 0.0724. The van der Waals surface area contributed by atoms with Crippen LogP contribution in [0.15, 0.2) is 53.8 Å². The second kappa shape index (κ2) is 9.00. The van der Waals surface area contributed by atoms with Crippen molar-refractivity contribution in [1.82, 2.24) is 24.6 Å². The molecule has 1 aromatic carbocycles. The SMILES string of the molecule is COc1cccc(-n2ccn(CC3CCN(c4ncc(C(=O)NO)cn4)CC3)c2=O)c1. The van der Waals surface area contributed by atoms with Crippen LogP contribution in [0.25, 0.3) is 5.69 Å². The van der Waals surface area contributed by atoms with E-state index in [0.717, 1.165) is 31.6 Å². The molecule has 0 unspecified atom stereocenters. The summed E-state index contributed by atoms with van der Waals surface area (Å²) in [6.45, 7) is 2.18. The van der Waals surface area contributed by atoms with Crippen molar-refractivity contribution in [1.29, 1.82) is 0 Å². The van der Waals surface area contributed by atoms with Crippen molar-refractivity contribution in [2.24, 2.45) is 5.92 Å². The molecule has 1 saturated heterocycles. The van der Waals surface area contributed by atoms with E-state index in [9.17, 15) is 9.59 Å². The van der Waals surface area contributed by atoms with Crippen molar-refractivity contribution < 1.29 is 14.7 Å². The number of carbonyl (C=O) groups is 1. The van der Waals surface area contributed by atoms with Gasteiger partial charge in [-0.25, -0.2) is 20.2 Å². The molecule has 0 aliphatic carbocycles. The number of methoxy groups -OCH3 is 1. The lowest BCUT2D eigenvalue weighted by Gasteiger charge is -2.31. The number of rotatable bonds is 6. The van der Waals surface area contributed by atoms with Gasteiger partial charge in [-0.2, -0.15) is 0 Å². The van der Waals surface area contributed by atoms with E-state index in [4.69, 9.17) is 9.94 Å². The summed E-state index contributed by atoms with van der Waals surface area (Å²) in [5.41, 5.74) is 2.46. The number of amides is 1. The summed E-state index contributed by atoms with van der Waals surface area (Å²) < 4.78 is 8.62. The zero-order chi connectivity index (χ0) is 21.8. The van der Waals surface area contributed by atoms with E-state index in [0.29, 0.717) is 24.2 Å². The molecule has 0 spiro atoms. The van der Waals surface area contributed by atoms with Crippen molar-refractivity contribution in [3.63, 3.8) is 0 Å². The number of carbonyl (C=O) groups excluding carboxylic acids is 1. The summed E-state index contributed by atoms with van der Waals surface area (Å²) in [5.74, 6) is 0.984. The first-order valence-corrected chi connectivity index (χ1v) is 10.0. The van der Waals surface area contributed by atoms with Gasteiger partial charge in [0.15, 0.2) is 0 Å². The van der Waals surface area contributed by atoms with Gasteiger partial charge in [0.25, 0.3) is 5.91 Å². The minimum Gasteiger partial charge on any atom is -0.497 e. The van der Waals surface area contributed by atoms with Crippen molar-refractivity contribution in [2.75, 3.05) is 25.1 Å². The van der Waals surface area contributed by atoms with Crippen LogP contribution in [0.4, 0.5) is 5.95 Å². The summed E-state index contributed by atoms with van der Waals surface area (Å²) in [5, 5.41) is 8.67. The van der Waals surface area contributed by atoms with Crippen molar-refractivity contribution in [2.45, 2.75) is 19.4 Å². The Morgan fingerprint density at radius 1 is 1.23 bits per heavy atom. The summed E-state index contributed by atoms with van der Waals surface area (Å²) in [6.07, 6.45) is 8.19. The molecular weight excluding hydrogens is 400 g/mol. The number of hydrogen-bond donors (Lipinski definition) is 2. The lowest BCUT2D eigenvalue weighted by molar-refractivity contribution is 0.0705. The molecule has 0 saturated carbocycles. The van der Waals surface area contributed by atoms with Gasteiger partial charge < -0.3 is 9.64 Å². The number of anilines is 1. The molecule has 0 atom stereocenters. The van der Waals surface area contributed by atoms with E-state index >= 15 is 0 Å². The maximum Gasteiger partial charge on any atom is 0.332 e. The first kappa shape index (κ1) is 20.6. The largest absolute Gasteiger partial charge is 0.497 e. The first-order valence-electron chi connectivity index (χ1n) is 10.0. The normalized spacial score (nSPS) is 14.5. The van der Waals surface area contributed by atoms with Crippen LogP contribution in [0, 0.1) is 5.92 Å². The molecule has 10 nitrogen and oxygen atoms in total. The number of imidazole rings is 1. The number of hydrogen-bond acceptors (Lipinski definition) is 7. The molecule has 2 aromatic heterocycles. The Morgan fingerprint density at radius 3 is 2.65 bits per heavy atom. The number of benzene rings is 1. The topological polar surface area (TPSA) is 115 Å². The quantitative estimate of drug-likeness (QED) is 0.455. The molecule has 1 aliphatic heterocycles. The van der Waals surface area contributed by atoms with Crippen molar-refractivity contribution in [3.8, 4) is 11.4 Å². The third-order valence-corrected chi connectivity index (χ3v) is 5.53. The summed E-state index contributed by atoms with van der Waals surface area (Å²) in [4.78, 5) is 34.7. The maximum absolute atomic E-state index is 12.8. The molecule has 162 valence electrons. The Kier molecular flexibility index (Phi) is 5.99. The molecule has 1 fully saturated rings. The summed E-state index contributed by atoms with van der Waals surface area (Å²) >= 11 is 0. The van der Waals surface area contributed by atoms with E-state index < -0.39 is 5.91 Å². The third kappa shape index (κ3) is 4.43. The van der Waals surface area contributed by atoms with Crippen LogP contribution in [0.3, 0.4) is 0 Å². The minimum atomic E-state index is -0.642. The first-order chi connectivity index (χ1) is 15.1. The number of piperidine rings is 1. The van der Waals surface area contributed by atoms with Gasteiger partial charge in [0, 0.05) is 50.5 Å².